The second kappa shape index (κ2) is 7.95. The Balaban J connectivity index is 2.00. The molecule has 0 spiro atoms. The average Bonchev–Trinajstić information content (AvgIpc) is 2.49. The van der Waals surface area contributed by atoms with Gasteiger partial charge in [-0.25, -0.2) is 0 Å². The normalized spacial score (nSPS) is 10.6. The molecule has 0 fully saturated rings. The molecule has 1 N–H and O–H groups in total. The van der Waals surface area contributed by atoms with Gasteiger partial charge in [0.15, 0.2) is 0 Å². The molecule has 0 aliphatic heterocycles. The van der Waals surface area contributed by atoms with Gasteiger partial charge in [0.05, 0.1) is 10.7 Å². The van der Waals surface area contributed by atoms with Crippen molar-refractivity contribution >= 4 is 23.2 Å². The van der Waals surface area contributed by atoms with Crippen LogP contribution in [0.15, 0.2) is 60.7 Å². The van der Waals surface area contributed by atoms with Gasteiger partial charge in [0.1, 0.15) is 0 Å². The van der Waals surface area contributed by atoms with E-state index >= 15 is 0 Å². The van der Waals surface area contributed by atoms with Gasteiger partial charge in [0.25, 0.3) is 5.91 Å². The number of nitrogens with one attached hydrogen (secondary N) is 1. The quantitative estimate of drug-likeness (QED) is 0.786. The number of likely N-dealkylation sites (N-methyl/N-ethyl adjacent to an activating group) is 1. The van der Waals surface area contributed by atoms with Crippen LogP contribution in [0.3, 0.4) is 0 Å². The first-order chi connectivity index (χ1) is 11.0. The fourth-order valence-electron chi connectivity index (χ4n) is 2.35. The maximum absolute atomic E-state index is 12.3. The predicted molar refractivity (Wildman–Crippen MR) is 97.0 cm³/mol. The molecule has 0 bridgehead atoms. The first-order valence-electron chi connectivity index (χ1n) is 7.43. The molecule has 23 heavy (non-hydrogen) atoms. The van der Waals surface area contributed by atoms with Crippen molar-refractivity contribution in [3.05, 3.63) is 76.8 Å². The van der Waals surface area contributed by atoms with E-state index in [1.165, 1.54) is 0 Å². The third-order valence-electron chi connectivity index (χ3n) is 3.33. The molecule has 1 amide bonds. The predicted octanol–water partition coefficient (Wildman–Crippen LogP) is 4.60. The first kappa shape index (κ1) is 17.3. The number of nitrogens with zero attached hydrogens (tertiary/aromatic N) is 1. The Hall–Kier alpha value is -2.10. The zero-order valence-electron chi connectivity index (χ0n) is 13.5. The summed E-state index contributed by atoms with van der Waals surface area (Å²) in [4.78, 5) is 14.4. The minimum atomic E-state index is -0.167. The van der Waals surface area contributed by atoms with Crippen LogP contribution in [-0.4, -0.2) is 24.4 Å². The highest BCUT2D eigenvalue weighted by Gasteiger charge is 2.08. The molecular formula is C19H21ClN2O. The number of anilines is 1. The zero-order valence-corrected chi connectivity index (χ0v) is 14.2. The lowest BCUT2D eigenvalue weighted by atomic mass is 10.1. The highest BCUT2D eigenvalue weighted by molar-refractivity contribution is 6.33. The van der Waals surface area contributed by atoms with Crippen LogP contribution in [-0.2, 0) is 6.54 Å². The van der Waals surface area contributed by atoms with Crippen molar-refractivity contribution in [2.45, 2.75) is 13.5 Å². The molecule has 4 heteroatoms. The standard InChI is InChI=1S/C19H21ClN2O/c1-14(2)12-22(3)13-15-8-10-16(11-9-15)19(23)21-18-7-5-4-6-17(18)20/h4-11H,1,12-13H2,2-3H3,(H,21,23). The van der Waals surface area contributed by atoms with Gasteiger partial charge < -0.3 is 5.32 Å². The van der Waals surface area contributed by atoms with E-state index in [4.69, 9.17) is 11.6 Å². The van der Waals surface area contributed by atoms with Crippen LogP contribution in [0, 0.1) is 0 Å². The topological polar surface area (TPSA) is 32.3 Å². The van der Waals surface area contributed by atoms with E-state index in [2.05, 4.69) is 16.8 Å². The van der Waals surface area contributed by atoms with E-state index in [0.29, 0.717) is 16.3 Å². The Morgan fingerprint density at radius 3 is 2.43 bits per heavy atom. The largest absolute Gasteiger partial charge is 0.321 e. The maximum atomic E-state index is 12.3. The van der Waals surface area contributed by atoms with Crippen molar-refractivity contribution in [3.63, 3.8) is 0 Å². The van der Waals surface area contributed by atoms with E-state index in [1.54, 1.807) is 12.1 Å². The summed E-state index contributed by atoms with van der Waals surface area (Å²) in [7, 11) is 2.05. The van der Waals surface area contributed by atoms with Crippen LogP contribution in [0.4, 0.5) is 5.69 Å². The van der Waals surface area contributed by atoms with Gasteiger partial charge in [0, 0.05) is 18.7 Å². The van der Waals surface area contributed by atoms with Crippen molar-refractivity contribution in [1.29, 1.82) is 0 Å². The molecule has 120 valence electrons. The average molecular weight is 329 g/mol. The highest BCUT2D eigenvalue weighted by Crippen LogP contribution is 2.21. The minimum Gasteiger partial charge on any atom is -0.321 e. The summed E-state index contributed by atoms with van der Waals surface area (Å²) in [6.07, 6.45) is 0. The van der Waals surface area contributed by atoms with Crippen LogP contribution in [0.5, 0.6) is 0 Å². The molecule has 0 unspecified atom stereocenters. The zero-order chi connectivity index (χ0) is 16.8. The van der Waals surface area contributed by atoms with E-state index in [0.717, 1.165) is 24.2 Å². The monoisotopic (exact) mass is 328 g/mol. The summed E-state index contributed by atoms with van der Waals surface area (Å²) in [6.45, 7) is 7.60. The fraction of sp³-hybridized carbons (Fsp3) is 0.211. The first-order valence-corrected chi connectivity index (χ1v) is 7.81. The van der Waals surface area contributed by atoms with Crippen LogP contribution in [0.25, 0.3) is 0 Å². The fourth-order valence-corrected chi connectivity index (χ4v) is 2.53. The summed E-state index contributed by atoms with van der Waals surface area (Å²) >= 11 is 6.05. The van der Waals surface area contributed by atoms with Crippen LogP contribution >= 0.6 is 11.6 Å². The van der Waals surface area contributed by atoms with Gasteiger partial charge in [-0.3, -0.25) is 9.69 Å². The number of carbonyl (C=O) groups excluding carboxylic acids is 1. The Morgan fingerprint density at radius 1 is 1.17 bits per heavy atom. The van der Waals surface area contributed by atoms with Crippen molar-refractivity contribution < 1.29 is 4.79 Å². The summed E-state index contributed by atoms with van der Waals surface area (Å²) in [5.74, 6) is -0.167. The Kier molecular flexibility index (Phi) is 5.97. The maximum Gasteiger partial charge on any atom is 0.255 e. The lowest BCUT2D eigenvalue weighted by Crippen LogP contribution is -2.19. The molecule has 0 saturated heterocycles. The van der Waals surface area contributed by atoms with Crippen LogP contribution in [0.1, 0.15) is 22.8 Å². The summed E-state index contributed by atoms with van der Waals surface area (Å²) in [6, 6.07) is 14.8. The molecule has 0 aliphatic rings. The minimum absolute atomic E-state index is 0.167. The number of rotatable bonds is 6. The third-order valence-corrected chi connectivity index (χ3v) is 3.66. The van der Waals surface area contributed by atoms with E-state index in [9.17, 15) is 4.79 Å². The van der Waals surface area contributed by atoms with Crippen LogP contribution in [0.2, 0.25) is 5.02 Å². The SMILES string of the molecule is C=C(C)CN(C)Cc1ccc(C(=O)Nc2ccccc2Cl)cc1. The highest BCUT2D eigenvalue weighted by atomic mass is 35.5. The molecule has 0 saturated carbocycles. The number of carbonyl (C=O) groups is 1. The van der Waals surface area contributed by atoms with E-state index < -0.39 is 0 Å². The summed E-state index contributed by atoms with van der Waals surface area (Å²) in [5, 5.41) is 3.35. The second-order valence-electron chi connectivity index (χ2n) is 5.76. The molecule has 0 atom stereocenters. The Bertz CT molecular complexity index is 695. The molecule has 2 rings (SSSR count). The van der Waals surface area contributed by atoms with Gasteiger partial charge in [-0.1, -0.05) is 48.0 Å². The lowest BCUT2D eigenvalue weighted by Gasteiger charge is -2.16. The number of benzene rings is 2. The number of para-hydroxylation sites is 1. The Labute approximate surface area is 142 Å². The third kappa shape index (κ3) is 5.23. The molecule has 0 radical (unpaired) electrons. The van der Waals surface area contributed by atoms with Gasteiger partial charge in [-0.05, 0) is 43.8 Å². The molecular weight excluding hydrogens is 308 g/mol. The van der Waals surface area contributed by atoms with Gasteiger partial charge >= 0.3 is 0 Å². The van der Waals surface area contributed by atoms with E-state index in [-0.39, 0.29) is 5.91 Å². The van der Waals surface area contributed by atoms with Gasteiger partial charge in [0.2, 0.25) is 0 Å². The summed E-state index contributed by atoms with van der Waals surface area (Å²) in [5.41, 5.74) is 3.51. The molecule has 2 aromatic rings. The molecule has 3 nitrogen and oxygen atoms in total. The smallest absolute Gasteiger partial charge is 0.255 e. The summed E-state index contributed by atoms with van der Waals surface area (Å²) < 4.78 is 0. The molecule has 0 aliphatic carbocycles. The van der Waals surface area contributed by atoms with E-state index in [1.807, 2.05) is 50.4 Å². The van der Waals surface area contributed by atoms with Crippen LogP contribution < -0.4 is 5.32 Å². The number of hydrogen-bond donors (Lipinski definition) is 1. The number of amides is 1. The van der Waals surface area contributed by atoms with Gasteiger partial charge in [-0.2, -0.15) is 0 Å². The second-order valence-corrected chi connectivity index (χ2v) is 6.17. The van der Waals surface area contributed by atoms with Crippen molar-refractivity contribution in [2.24, 2.45) is 0 Å². The van der Waals surface area contributed by atoms with Crippen molar-refractivity contribution in [2.75, 3.05) is 18.9 Å². The molecule has 0 aromatic heterocycles. The number of hydrogen-bond acceptors (Lipinski definition) is 2. The molecule has 0 heterocycles. The molecule has 2 aromatic carbocycles. The Morgan fingerprint density at radius 2 is 1.83 bits per heavy atom. The van der Waals surface area contributed by atoms with Crippen molar-refractivity contribution in [3.8, 4) is 0 Å². The number of halogens is 1. The van der Waals surface area contributed by atoms with Crippen molar-refractivity contribution in [1.82, 2.24) is 4.90 Å². The van der Waals surface area contributed by atoms with Gasteiger partial charge in [-0.15, -0.1) is 0 Å². The lowest BCUT2D eigenvalue weighted by molar-refractivity contribution is 0.102.